The van der Waals surface area contributed by atoms with Gasteiger partial charge in [0.15, 0.2) is 6.61 Å². The fraction of sp³-hybridized carbons (Fsp3) is 0.286. The molecule has 1 N–H and O–H groups in total. The van der Waals surface area contributed by atoms with Crippen LogP contribution in [0.2, 0.25) is 0 Å². The molecule has 152 valence electrons. The second-order valence-electron chi connectivity index (χ2n) is 6.72. The lowest BCUT2D eigenvalue weighted by Crippen LogP contribution is -2.30. The van der Waals surface area contributed by atoms with Gasteiger partial charge in [0, 0.05) is 23.9 Å². The number of rotatable bonds is 6. The van der Waals surface area contributed by atoms with Gasteiger partial charge < -0.3 is 14.7 Å². The molecule has 0 radical (unpaired) electrons. The van der Waals surface area contributed by atoms with Crippen molar-refractivity contribution in [3.63, 3.8) is 0 Å². The Morgan fingerprint density at radius 3 is 2.76 bits per heavy atom. The number of allylic oxidation sites excluding steroid dienone is 4. The van der Waals surface area contributed by atoms with Gasteiger partial charge in [-0.05, 0) is 43.2 Å². The Hall–Kier alpha value is -3.29. The molecule has 0 spiro atoms. The van der Waals surface area contributed by atoms with Crippen LogP contribution in [-0.2, 0) is 9.59 Å². The van der Waals surface area contributed by atoms with Crippen molar-refractivity contribution in [1.29, 1.82) is 0 Å². The number of carbonyl (C=O) groups excluding carboxylic acids is 1. The molecule has 0 bridgehead atoms. The van der Waals surface area contributed by atoms with E-state index in [0.717, 1.165) is 0 Å². The van der Waals surface area contributed by atoms with E-state index in [1.165, 1.54) is 12.3 Å². The highest BCUT2D eigenvalue weighted by Crippen LogP contribution is 2.34. The molecule has 0 fully saturated rings. The van der Waals surface area contributed by atoms with Crippen molar-refractivity contribution in [3.05, 3.63) is 70.5 Å². The van der Waals surface area contributed by atoms with E-state index in [4.69, 9.17) is 4.74 Å². The second kappa shape index (κ2) is 8.38. The molecule has 1 amide bonds. The summed E-state index contributed by atoms with van der Waals surface area (Å²) in [5.41, 5.74) is 2.14. The van der Waals surface area contributed by atoms with E-state index < -0.39 is 25.0 Å². The SMILES string of the molecule is Cc1cc(C(C)N2CC3=C(C=CC=CC=C3C(=O)O)C2=O)cnc1OCC(F)F. The Balaban J connectivity index is 1.85. The lowest BCUT2D eigenvalue weighted by molar-refractivity contribution is -0.132. The van der Waals surface area contributed by atoms with Crippen LogP contribution in [0.1, 0.15) is 24.1 Å². The number of hydrogen-bond donors (Lipinski definition) is 1. The number of aliphatic carboxylic acids is 1. The Labute approximate surface area is 166 Å². The molecule has 8 heteroatoms. The van der Waals surface area contributed by atoms with E-state index in [1.807, 2.05) is 0 Å². The fourth-order valence-electron chi connectivity index (χ4n) is 3.28. The number of carbonyl (C=O) groups is 2. The first-order valence-electron chi connectivity index (χ1n) is 9.00. The van der Waals surface area contributed by atoms with Crippen molar-refractivity contribution in [2.45, 2.75) is 26.3 Å². The van der Waals surface area contributed by atoms with Gasteiger partial charge in [0.25, 0.3) is 12.3 Å². The number of pyridine rings is 1. The van der Waals surface area contributed by atoms with Crippen LogP contribution >= 0.6 is 0 Å². The average molecular weight is 402 g/mol. The number of hydrogen-bond acceptors (Lipinski definition) is 4. The van der Waals surface area contributed by atoms with Gasteiger partial charge in [-0.15, -0.1) is 0 Å². The zero-order chi connectivity index (χ0) is 21.1. The van der Waals surface area contributed by atoms with Crippen LogP contribution in [0.4, 0.5) is 8.78 Å². The number of carboxylic acid groups (broad SMARTS) is 1. The number of nitrogens with zero attached hydrogens (tertiary/aromatic N) is 2. The quantitative estimate of drug-likeness (QED) is 0.789. The minimum absolute atomic E-state index is 0.0775. The molecule has 0 saturated carbocycles. The molecular weight excluding hydrogens is 382 g/mol. The summed E-state index contributed by atoms with van der Waals surface area (Å²) in [7, 11) is 0. The highest BCUT2D eigenvalue weighted by atomic mass is 19.3. The van der Waals surface area contributed by atoms with Crippen LogP contribution < -0.4 is 4.74 Å². The van der Waals surface area contributed by atoms with E-state index in [1.54, 1.807) is 49.1 Å². The summed E-state index contributed by atoms with van der Waals surface area (Å²) in [5, 5.41) is 9.52. The third-order valence-electron chi connectivity index (χ3n) is 4.80. The maximum atomic E-state index is 13.0. The molecule has 2 heterocycles. The van der Waals surface area contributed by atoms with Crippen molar-refractivity contribution >= 4 is 11.9 Å². The van der Waals surface area contributed by atoms with Gasteiger partial charge in [0.2, 0.25) is 5.88 Å². The number of alkyl halides is 2. The van der Waals surface area contributed by atoms with Crippen LogP contribution in [0.5, 0.6) is 5.88 Å². The smallest absolute Gasteiger partial charge is 0.336 e. The molecule has 2 aliphatic rings. The topological polar surface area (TPSA) is 79.7 Å². The van der Waals surface area contributed by atoms with Crippen molar-refractivity contribution in [2.24, 2.45) is 0 Å². The Morgan fingerprint density at radius 1 is 1.34 bits per heavy atom. The molecule has 29 heavy (non-hydrogen) atoms. The van der Waals surface area contributed by atoms with Gasteiger partial charge >= 0.3 is 5.97 Å². The molecule has 1 aliphatic heterocycles. The number of ether oxygens (including phenoxy) is 1. The van der Waals surface area contributed by atoms with Crippen LogP contribution in [0.15, 0.2) is 59.4 Å². The van der Waals surface area contributed by atoms with Crippen LogP contribution in [-0.4, -0.2) is 46.4 Å². The number of amides is 1. The zero-order valence-electron chi connectivity index (χ0n) is 15.9. The maximum absolute atomic E-state index is 13.0. The first kappa shape index (κ1) is 20.4. The highest BCUT2D eigenvalue weighted by molar-refractivity contribution is 6.05. The number of aromatic nitrogens is 1. The van der Waals surface area contributed by atoms with Crippen molar-refractivity contribution < 1.29 is 28.2 Å². The Morgan fingerprint density at radius 2 is 2.10 bits per heavy atom. The summed E-state index contributed by atoms with van der Waals surface area (Å²) in [6.07, 6.45) is 6.94. The van der Waals surface area contributed by atoms with E-state index in [-0.39, 0.29) is 23.9 Å². The predicted molar refractivity (Wildman–Crippen MR) is 102 cm³/mol. The summed E-state index contributed by atoms with van der Waals surface area (Å²) in [5.74, 6) is -1.26. The van der Waals surface area contributed by atoms with E-state index in [2.05, 4.69) is 4.98 Å². The predicted octanol–water partition coefficient (Wildman–Crippen LogP) is 3.37. The van der Waals surface area contributed by atoms with Crippen LogP contribution in [0, 0.1) is 6.92 Å². The highest BCUT2D eigenvalue weighted by Gasteiger charge is 2.35. The summed E-state index contributed by atoms with van der Waals surface area (Å²) >= 11 is 0. The second-order valence-corrected chi connectivity index (χ2v) is 6.72. The average Bonchev–Trinajstić information content (AvgIpc) is 2.95. The number of carboxylic acids is 1. The van der Waals surface area contributed by atoms with Crippen LogP contribution in [0.3, 0.4) is 0 Å². The first-order valence-corrected chi connectivity index (χ1v) is 9.00. The molecule has 3 rings (SSSR count). The maximum Gasteiger partial charge on any atom is 0.336 e. The molecule has 1 aromatic rings. The van der Waals surface area contributed by atoms with Gasteiger partial charge in [-0.2, -0.15) is 0 Å². The van der Waals surface area contributed by atoms with E-state index in [0.29, 0.717) is 22.3 Å². The third kappa shape index (κ3) is 4.26. The minimum atomic E-state index is -2.60. The van der Waals surface area contributed by atoms with Gasteiger partial charge in [-0.3, -0.25) is 4.79 Å². The largest absolute Gasteiger partial charge is 0.478 e. The van der Waals surface area contributed by atoms with E-state index in [9.17, 15) is 23.5 Å². The molecule has 0 aromatic carbocycles. The summed E-state index contributed by atoms with van der Waals surface area (Å²) in [6, 6.07) is 1.33. The molecular formula is C21H20F2N2O4. The van der Waals surface area contributed by atoms with Gasteiger partial charge in [0.1, 0.15) is 0 Å². The monoisotopic (exact) mass is 402 g/mol. The minimum Gasteiger partial charge on any atom is -0.478 e. The fourth-order valence-corrected chi connectivity index (χ4v) is 3.28. The summed E-state index contributed by atoms with van der Waals surface area (Å²) in [4.78, 5) is 30.3. The number of halogens is 2. The standard InChI is InChI=1S/C21H20F2N2O4/c1-12-8-14(9-24-19(12)29-11-18(22)23)13(2)25-10-17-15(20(25)26)6-4-3-5-7-16(17)21(27)28/h3-9,13,18H,10-11H2,1-2H3,(H,27,28). The lowest BCUT2D eigenvalue weighted by Gasteiger charge is -2.26. The number of aryl methyl sites for hydroxylation is 1. The third-order valence-corrected chi connectivity index (χ3v) is 4.80. The van der Waals surface area contributed by atoms with Crippen molar-refractivity contribution in [3.8, 4) is 5.88 Å². The Bertz CT molecular complexity index is 963. The van der Waals surface area contributed by atoms with Crippen molar-refractivity contribution in [2.75, 3.05) is 13.2 Å². The first-order chi connectivity index (χ1) is 13.8. The molecule has 1 aromatic heterocycles. The normalized spacial score (nSPS) is 17.2. The summed E-state index contributed by atoms with van der Waals surface area (Å²) < 4.78 is 29.7. The lowest BCUT2D eigenvalue weighted by atomic mass is 10.00. The summed E-state index contributed by atoms with van der Waals surface area (Å²) in [6.45, 7) is 2.90. The Kier molecular flexibility index (Phi) is 5.91. The van der Waals surface area contributed by atoms with Crippen molar-refractivity contribution in [1.82, 2.24) is 9.88 Å². The molecule has 6 nitrogen and oxygen atoms in total. The van der Waals surface area contributed by atoms with Gasteiger partial charge in [-0.1, -0.05) is 18.2 Å². The van der Waals surface area contributed by atoms with Gasteiger partial charge in [-0.25, -0.2) is 18.6 Å². The molecule has 1 aliphatic carbocycles. The molecule has 0 saturated heterocycles. The van der Waals surface area contributed by atoms with E-state index >= 15 is 0 Å². The molecule has 1 unspecified atom stereocenters. The molecule has 1 atom stereocenters. The van der Waals surface area contributed by atoms with Crippen LogP contribution in [0.25, 0.3) is 0 Å². The zero-order valence-corrected chi connectivity index (χ0v) is 15.9. The van der Waals surface area contributed by atoms with Gasteiger partial charge in [0.05, 0.1) is 11.6 Å².